The monoisotopic (exact) mass is 395 g/mol. The molecule has 2 aromatic rings. The van der Waals surface area contributed by atoms with Crippen LogP contribution in [0, 0.1) is 0 Å². The number of carbonyl (C=O) groups excluding carboxylic acids is 2. The van der Waals surface area contributed by atoms with Crippen LogP contribution >= 0.6 is 0 Å². The number of rotatable bonds is 6. The molecule has 1 atom stereocenters. The molecule has 1 amide bonds. The van der Waals surface area contributed by atoms with Crippen LogP contribution in [0.25, 0.3) is 0 Å². The van der Waals surface area contributed by atoms with Crippen LogP contribution in [0.2, 0.25) is 0 Å². The first-order valence-electron chi connectivity index (χ1n) is 10.1. The Morgan fingerprint density at radius 2 is 1.72 bits per heavy atom. The standard InChI is InChI=1S/C23H29N3O3/c1-17(29-23(28)18-8-7-9-21(16-18)25(2)3)22(27)24-19-10-12-20(13-11-19)26-14-5-4-6-15-26/h7-13,16-17H,4-6,14-15H2,1-3H3,(H,24,27)/t17-/m0/s1. The summed E-state index contributed by atoms with van der Waals surface area (Å²) in [6.45, 7) is 3.73. The molecule has 0 saturated carbocycles. The molecule has 1 heterocycles. The van der Waals surface area contributed by atoms with Crippen molar-refractivity contribution < 1.29 is 14.3 Å². The molecule has 154 valence electrons. The maximum Gasteiger partial charge on any atom is 0.338 e. The molecule has 3 rings (SSSR count). The SMILES string of the molecule is C[C@H](OC(=O)c1cccc(N(C)C)c1)C(=O)Nc1ccc(N2CCCCC2)cc1. The van der Waals surface area contributed by atoms with Crippen LogP contribution in [0.4, 0.5) is 17.1 Å². The van der Waals surface area contributed by atoms with Gasteiger partial charge in [0, 0.05) is 44.2 Å². The summed E-state index contributed by atoms with van der Waals surface area (Å²) < 4.78 is 5.35. The van der Waals surface area contributed by atoms with Gasteiger partial charge in [0.2, 0.25) is 0 Å². The van der Waals surface area contributed by atoms with Crippen molar-refractivity contribution in [3.05, 3.63) is 54.1 Å². The number of hydrogen-bond acceptors (Lipinski definition) is 5. The molecular weight excluding hydrogens is 366 g/mol. The van der Waals surface area contributed by atoms with E-state index in [-0.39, 0.29) is 5.91 Å². The van der Waals surface area contributed by atoms with Gasteiger partial charge in [-0.15, -0.1) is 0 Å². The minimum atomic E-state index is -0.896. The van der Waals surface area contributed by atoms with Crippen LogP contribution < -0.4 is 15.1 Å². The minimum absolute atomic E-state index is 0.354. The number of ether oxygens (including phenoxy) is 1. The third kappa shape index (κ3) is 5.50. The van der Waals surface area contributed by atoms with Gasteiger partial charge in [0.15, 0.2) is 6.10 Å². The molecule has 1 aliphatic rings. The second kappa shape index (κ2) is 9.45. The number of nitrogens with one attached hydrogen (secondary N) is 1. The second-order valence-electron chi connectivity index (χ2n) is 7.58. The quantitative estimate of drug-likeness (QED) is 0.751. The summed E-state index contributed by atoms with van der Waals surface area (Å²) in [7, 11) is 3.80. The van der Waals surface area contributed by atoms with Crippen molar-refractivity contribution in [3.63, 3.8) is 0 Å². The van der Waals surface area contributed by atoms with Crippen LogP contribution in [-0.2, 0) is 9.53 Å². The van der Waals surface area contributed by atoms with Gasteiger partial charge in [-0.1, -0.05) is 6.07 Å². The van der Waals surface area contributed by atoms with Crippen molar-refractivity contribution in [3.8, 4) is 0 Å². The first kappa shape index (κ1) is 20.7. The summed E-state index contributed by atoms with van der Waals surface area (Å²) in [5.74, 6) is -0.871. The van der Waals surface area contributed by atoms with E-state index in [0.717, 1.165) is 18.8 Å². The average molecular weight is 396 g/mol. The van der Waals surface area contributed by atoms with Crippen LogP contribution in [0.3, 0.4) is 0 Å². The van der Waals surface area contributed by atoms with E-state index in [0.29, 0.717) is 11.3 Å². The molecule has 0 spiro atoms. The Kier molecular flexibility index (Phi) is 6.75. The van der Waals surface area contributed by atoms with Gasteiger partial charge in [0.1, 0.15) is 0 Å². The van der Waals surface area contributed by atoms with E-state index in [9.17, 15) is 9.59 Å². The largest absolute Gasteiger partial charge is 0.449 e. The molecule has 0 radical (unpaired) electrons. The lowest BCUT2D eigenvalue weighted by molar-refractivity contribution is -0.123. The van der Waals surface area contributed by atoms with Crippen molar-refractivity contribution in [2.75, 3.05) is 42.3 Å². The highest BCUT2D eigenvalue weighted by atomic mass is 16.5. The highest BCUT2D eigenvalue weighted by Gasteiger charge is 2.20. The van der Waals surface area contributed by atoms with E-state index in [1.54, 1.807) is 25.1 Å². The Hall–Kier alpha value is -3.02. The number of amides is 1. The predicted molar refractivity (Wildman–Crippen MR) is 117 cm³/mol. The first-order chi connectivity index (χ1) is 13.9. The molecule has 0 aromatic heterocycles. The molecule has 1 aliphatic heterocycles. The topological polar surface area (TPSA) is 61.9 Å². The molecule has 0 bridgehead atoms. The normalized spacial score (nSPS) is 14.8. The van der Waals surface area contributed by atoms with Crippen molar-refractivity contribution in [1.82, 2.24) is 0 Å². The van der Waals surface area contributed by atoms with E-state index in [1.807, 2.05) is 49.3 Å². The Balaban J connectivity index is 1.56. The van der Waals surface area contributed by atoms with Gasteiger partial charge in [0.25, 0.3) is 5.91 Å². The van der Waals surface area contributed by atoms with Crippen molar-refractivity contribution in [1.29, 1.82) is 0 Å². The van der Waals surface area contributed by atoms with Gasteiger partial charge in [-0.25, -0.2) is 4.79 Å². The van der Waals surface area contributed by atoms with E-state index >= 15 is 0 Å². The molecule has 1 fully saturated rings. The Morgan fingerprint density at radius 1 is 1.03 bits per heavy atom. The fourth-order valence-electron chi connectivity index (χ4n) is 3.34. The van der Waals surface area contributed by atoms with Crippen molar-refractivity contribution >= 4 is 28.9 Å². The van der Waals surface area contributed by atoms with Gasteiger partial charge in [0.05, 0.1) is 5.56 Å². The second-order valence-corrected chi connectivity index (χ2v) is 7.58. The molecule has 1 saturated heterocycles. The lowest BCUT2D eigenvalue weighted by Gasteiger charge is -2.28. The van der Waals surface area contributed by atoms with Gasteiger partial charge in [-0.05, 0) is 68.7 Å². The zero-order valence-corrected chi connectivity index (χ0v) is 17.4. The van der Waals surface area contributed by atoms with E-state index < -0.39 is 12.1 Å². The van der Waals surface area contributed by atoms with Crippen molar-refractivity contribution in [2.45, 2.75) is 32.3 Å². The van der Waals surface area contributed by atoms with E-state index in [2.05, 4.69) is 10.2 Å². The number of benzene rings is 2. The molecular formula is C23H29N3O3. The zero-order valence-electron chi connectivity index (χ0n) is 17.4. The molecule has 0 unspecified atom stereocenters. The molecule has 6 nitrogen and oxygen atoms in total. The number of carbonyl (C=O) groups is 2. The smallest absolute Gasteiger partial charge is 0.338 e. The van der Waals surface area contributed by atoms with Crippen LogP contribution in [0.1, 0.15) is 36.5 Å². The lowest BCUT2D eigenvalue weighted by Crippen LogP contribution is -2.30. The van der Waals surface area contributed by atoms with Crippen LogP contribution in [0.15, 0.2) is 48.5 Å². The first-order valence-corrected chi connectivity index (χ1v) is 10.1. The highest BCUT2D eigenvalue weighted by molar-refractivity contribution is 5.97. The molecule has 1 N–H and O–H groups in total. The predicted octanol–water partition coefficient (Wildman–Crippen LogP) is 3.93. The minimum Gasteiger partial charge on any atom is -0.449 e. The van der Waals surface area contributed by atoms with Crippen molar-refractivity contribution in [2.24, 2.45) is 0 Å². The third-order valence-corrected chi connectivity index (χ3v) is 5.11. The maximum absolute atomic E-state index is 12.4. The zero-order chi connectivity index (χ0) is 20.8. The molecule has 6 heteroatoms. The highest BCUT2D eigenvalue weighted by Crippen LogP contribution is 2.22. The van der Waals surface area contributed by atoms with Gasteiger partial charge in [-0.2, -0.15) is 0 Å². The fraction of sp³-hybridized carbons (Fsp3) is 0.391. The number of nitrogens with zero attached hydrogens (tertiary/aromatic N) is 2. The summed E-state index contributed by atoms with van der Waals surface area (Å²) in [6.07, 6.45) is 2.84. The summed E-state index contributed by atoms with van der Waals surface area (Å²) in [6, 6.07) is 14.9. The summed E-state index contributed by atoms with van der Waals surface area (Å²) in [5, 5.41) is 2.82. The van der Waals surface area contributed by atoms with Gasteiger partial charge >= 0.3 is 5.97 Å². The van der Waals surface area contributed by atoms with Gasteiger partial charge in [-0.3, -0.25) is 4.79 Å². The number of anilines is 3. The fourth-order valence-corrected chi connectivity index (χ4v) is 3.34. The Labute approximate surface area is 172 Å². The summed E-state index contributed by atoms with van der Waals surface area (Å²) >= 11 is 0. The Morgan fingerprint density at radius 3 is 2.38 bits per heavy atom. The Bertz CT molecular complexity index is 843. The lowest BCUT2D eigenvalue weighted by atomic mass is 10.1. The summed E-state index contributed by atoms with van der Waals surface area (Å²) in [5.41, 5.74) is 3.17. The van der Waals surface area contributed by atoms with E-state index in [4.69, 9.17) is 4.74 Å². The molecule has 0 aliphatic carbocycles. The summed E-state index contributed by atoms with van der Waals surface area (Å²) in [4.78, 5) is 29.1. The van der Waals surface area contributed by atoms with Crippen LogP contribution in [-0.4, -0.2) is 45.2 Å². The molecule has 2 aromatic carbocycles. The molecule has 29 heavy (non-hydrogen) atoms. The number of esters is 1. The average Bonchev–Trinajstić information content (AvgIpc) is 2.75. The van der Waals surface area contributed by atoms with E-state index in [1.165, 1.54) is 24.9 Å². The third-order valence-electron chi connectivity index (χ3n) is 5.11. The number of hydrogen-bond donors (Lipinski definition) is 1. The van der Waals surface area contributed by atoms with Crippen LogP contribution in [0.5, 0.6) is 0 Å². The van der Waals surface area contributed by atoms with Gasteiger partial charge < -0.3 is 19.9 Å². The number of piperidine rings is 1. The maximum atomic E-state index is 12.4.